The van der Waals surface area contributed by atoms with Gasteiger partial charge >= 0.3 is 0 Å². The molecule has 0 bridgehead atoms. The first kappa shape index (κ1) is 18.4. The lowest BCUT2D eigenvalue weighted by molar-refractivity contribution is -0.121. The van der Waals surface area contributed by atoms with E-state index in [0.717, 1.165) is 49.8 Å². The molecule has 1 fully saturated rings. The van der Waals surface area contributed by atoms with Crippen molar-refractivity contribution in [3.63, 3.8) is 0 Å². The summed E-state index contributed by atoms with van der Waals surface area (Å²) in [5.41, 5.74) is 2.61. The summed E-state index contributed by atoms with van der Waals surface area (Å²) in [7, 11) is 0. The topological polar surface area (TPSA) is 51.2 Å². The van der Waals surface area contributed by atoms with Gasteiger partial charge in [0, 0.05) is 6.07 Å². The van der Waals surface area contributed by atoms with E-state index in [-0.39, 0.29) is 5.91 Å². The third-order valence-electron chi connectivity index (χ3n) is 5.20. The number of anilines is 1. The standard InChI is InChI=1S/C22H28N2O2/c1-3-4-14-26-20-11-10-19(16-23-20)24-21(25)22(12-5-6-13-22)18-9-7-8-17(2)15-18/h7-11,15-16H,3-6,12-14H2,1-2H3,(H,24,25). The van der Waals surface area contributed by atoms with E-state index in [0.29, 0.717) is 12.5 Å². The van der Waals surface area contributed by atoms with Gasteiger partial charge in [0.1, 0.15) is 0 Å². The Kier molecular flexibility index (Phi) is 5.92. The number of aryl methyl sites for hydroxylation is 1. The second kappa shape index (κ2) is 8.35. The number of hydrogen-bond acceptors (Lipinski definition) is 3. The summed E-state index contributed by atoms with van der Waals surface area (Å²) in [6, 6.07) is 12.0. The molecule has 1 N–H and O–H groups in total. The van der Waals surface area contributed by atoms with E-state index in [1.807, 2.05) is 18.2 Å². The fourth-order valence-corrected chi connectivity index (χ4v) is 3.68. The molecule has 1 aliphatic carbocycles. The Morgan fingerprint density at radius 3 is 2.69 bits per heavy atom. The van der Waals surface area contributed by atoms with Crippen LogP contribution in [0.3, 0.4) is 0 Å². The van der Waals surface area contributed by atoms with E-state index in [2.05, 4.69) is 42.3 Å². The van der Waals surface area contributed by atoms with Crippen molar-refractivity contribution < 1.29 is 9.53 Å². The van der Waals surface area contributed by atoms with Crippen LogP contribution in [0.1, 0.15) is 56.6 Å². The summed E-state index contributed by atoms with van der Waals surface area (Å²) >= 11 is 0. The molecule has 0 atom stereocenters. The highest BCUT2D eigenvalue weighted by molar-refractivity contribution is 5.99. The number of pyridine rings is 1. The van der Waals surface area contributed by atoms with Gasteiger partial charge in [0.25, 0.3) is 0 Å². The molecule has 0 unspecified atom stereocenters. The largest absolute Gasteiger partial charge is 0.478 e. The number of hydrogen-bond donors (Lipinski definition) is 1. The molecule has 1 aromatic carbocycles. The zero-order valence-corrected chi connectivity index (χ0v) is 15.8. The summed E-state index contributed by atoms with van der Waals surface area (Å²) in [5, 5.41) is 3.08. The van der Waals surface area contributed by atoms with Gasteiger partial charge in [0.15, 0.2) is 0 Å². The lowest BCUT2D eigenvalue weighted by atomic mass is 9.77. The Morgan fingerprint density at radius 2 is 2.04 bits per heavy atom. The maximum absolute atomic E-state index is 13.2. The quantitative estimate of drug-likeness (QED) is 0.712. The van der Waals surface area contributed by atoms with Crippen molar-refractivity contribution >= 4 is 11.6 Å². The van der Waals surface area contributed by atoms with Gasteiger partial charge in [-0.25, -0.2) is 4.98 Å². The Hall–Kier alpha value is -2.36. The molecule has 3 rings (SSSR count). The average Bonchev–Trinajstić information content (AvgIpc) is 3.15. The van der Waals surface area contributed by atoms with Crippen LogP contribution in [0, 0.1) is 6.92 Å². The van der Waals surface area contributed by atoms with Crippen LogP contribution < -0.4 is 10.1 Å². The van der Waals surface area contributed by atoms with E-state index < -0.39 is 5.41 Å². The van der Waals surface area contributed by atoms with Gasteiger partial charge in [0.05, 0.1) is 23.9 Å². The van der Waals surface area contributed by atoms with Gasteiger partial charge in [-0.2, -0.15) is 0 Å². The average molecular weight is 352 g/mol. The van der Waals surface area contributed by atoms with Gasteiger partial charge in [-0.3, -0.25) is 4.79 Å². The highest BCUT2D eigenvalue weighted by atomic mass is 16.5. The SMILES string of the molecule is CCCCOc1ccc(NC(=O)C2(c3cccc(C)c3)CCCC2)cn1. The van der Waals surface area contributed by atoms with Crippen molar-refractivity contribution in [1.82, 2.24) is 4.98 Å². The van der Waals surface area contributed by atoms with E-state index in [1.54, 1.807) is 6.20 Å². The first-order valence-corrected chi connectivity index (χ1v) is 9.61. The summed E-state index contributed by atoms with van der Waals surface area (Å²) in [6.45, 7) is 4.87. The molecule has 0 spiro atoms. The molecule has 1 aromatic heterocycles. The van der Waals surface area contributed by atoms with Gasteiger partial charge in [-0.15, -0.1) is 0 Å². The molecule has 0 radical (unpaired) electrons. The summed E-state index contributed by atoms with van der Waals surface area (Å²) < 4.78 is 5.58. The van der Waals surface area contributed by atoms with Crippen molar-refractivity contribution in [3.05, 3.63) is 53.7 Å². The van der Waals surface area contributed by atoms with Crippen molar-refractivity contribution in [1.29, 1.82) is 0 Å². The minimum Gasteiger partial charge on any atom is -0.478 e. The third-order valence-corrected chi connectivity index (χ3v) is 5.20. The summed E-state index contributed by atoms with van der Waals surface area (Å²) in [4.78, 5) is 17.5. The van der Waals surface area contributed by atoms with E-state index in [4.69, 9.17) is 4.74 Å². The van der Waals surface area contributed by atoms with Crippen molar-refractivity contribution in [2.24, 2.45) is 0 Å². The number of rotatable bonds is 7. The van der Waals surface area contributed by atoms with Gasteiger partial charge in [-0.05, 0) is 37.8 Å². The predicted molar refractivity (Wildman–Crippen MR) is 105 cm³/mol. The number of amides is 1. The minimum atomic E-state index is -0.428. The van der Waals surface area contributed by atoms with Crippen LogP contribution in [0.25, 0.3) is 0 Å². The lowest BCUT2D eigenvalue weighted by Gasteiger charge is -2.28. The zero-order valence-electron chi connectivity index (χ0n) is 15.8. The Balaban J connectivity index is 1.73. The van der Waals surface area contributed by atoms with Crippen molar-refractivity contribution in [3.8, 4) is 5.88 Å². The Labute approximate surface area is 156 Å². The zero-order chi connectivity index (χ0) is 18.4. The number of nitrogens with zero attached hydrogens (tertiary/aromatic N) is 1. The number of unbranched alkanes of at least 4 members (excludes halogenated alkanes) is 1. The molecule has 2 aromatic rings. The van der Waals surface area contributed by atoms with Gasteiger partial charge < -0.3 is 10.1 Å². The predicted octanol–water partition coefficient (Wildman–Crippen LogP) is 5.02. The van der Waals surface area contributed by atoms with Crippen LogP contribution in [-0.4, -0.2) is 17.5 Å². The Bertz CT molecular complexity index is 734. The number of carbonyl (C=O) groups excluding carboxylic acids is 1. The van der Waals surface area contributed by atoms with Crippen LogP contribution in [-0.2, 0) is 10.2 Å². The monoisotopic (exact) mass is 352 g/mol. The molecule has 1 heterocycles. The smallest absolute Gasteiger partial charge is 0.235 e. The second-order valence-corrected chi connectivity index (χ2v) is 7.20. The molecule has 1 amide bonds. The molecule has 1 saturated carbocycles. The summed E-state index contributed by atoms with van der Waals surface area (Å²) in [5.74, 6) is 0.674. The molecule has 138 valence electrons. The maximum Gasteiger partial charge on any atom is 0.235 e. The molecule has 0 saturated heterocycles. The molecule has 1 aliphatic rings. The van der Waals surface area contributed by atoms with E-state index in [9.17, 15) is 4.79 Å². The minimum absolute atomic E-state index is 0.0713. The van der Waals surface area contributed by atoms with Gasteiger partial charge in [0.2, 0.25) is 11.8 Å². The highest BCUT2D eigenvalue weighted by Crippen LogP contribution is 2.42. The molecule has 4 nitrogen and oxygen atoms in total. The fourth-order valence-electron chi connectivity index (χ4n) is 3.68. The fraction of sp³-hybridized carbons (Fsp3) is 0.455. The number of benzene rings is 1. The van der Waals surface area contributed by atoms with Crippen molar-refractivity contribution in [2.45, 2.75) is 57.8 Å². The van der Waals surface area contributed by atoms with Crippen LogP contribution in [0.2, 0.25) is 0 Å². The summed E-state index contributed by atoms with van der Waals surface area (Å²) in [6.07, 6.45) is 7.75. The first-order valence-electron chi connectivity index (χ1n) is 9.61. The highest BCUT2D eigenvalue weighted by Gasteiger charge is 2.42. The third kappa shape index (κ3) is 4.06. The molecule has 4 heteroatoms. The van der Waals surface area contributed by atoms with Crippen LogP contribution >= 0.6 is 0 Å². The number of ether oxygens (including phenoxy) is 1. The van der Waals surface area contributed by atoms with E-state index in [1.165, 1.54) is 5.56 Å². The van der Waals surface area contributed by atoms with Crippen LogP contribution in [0.4, 0.5) is 5.69 Å². The normalized spacial score (nSPS) is 15.6. The Morgan fingerprint density at radius 1 is 1.23 bits per heavy atom. The second-order valence-electron chi connectivity index (χ2n) is 7.20. The maximum atomic E-state index is 13.2. The van der Waals surface area contributed by atoms with Gasteiger partial charge in [-0.1, -0.05) is 56.0 Å². The molecule has 0 aliphatic heterocycles. The number of carbonyl (C=O) groups is 1. The number of aromatic nitrogens is 1. The van der Waals surface area contributed by atoms with Crippen LogP contribution in [0.15, 0.2) is 42.6 Å². The van der Waals surface area contributed by atoms with Crippen LogP contribution in [0.5, 0.6) is 5.88 Å². The lowest BCUT2D eigenvalue weighted by Crippen LogP contribution is -2.38. The molecular weight excluding hydrogens is 324 g/mol. The number of nitrogens with one attached hydrogen (secondary N) is 1. The van der Waals surface area contributed by atoms with E-state index >= 15 is 0 Å². The van der Waals surface area contributed by atoms with Crippen molar-refractivity contribution in [2.75, 3.05) is 11.9 Å². The first-order chi connectivity index (χ1) is 12.6. The molecular formula is C22H28N2O2. The molecule has 26 heavy (non-hydrogen) atoms.